The maximum absolute atomic E-state index is 11.6. The number of esters is 1. The minimum atomic E-state index is -0.307. The standard InChI is InChI=1S/C17H17N3O3/c1-11-8-13(9-17(21)23-3)20-16(18-11)10-15(19-20)12-4-6-14(22-2)7-5-12/h4-8,10H,9H2,1-3H3. The molecule has 0 spiro atoms. The summed E-state index contributed by atoms with van der Waals surface area (Å²) in [4.78, 5) is 16.1. The van der Waals surface area contributed by atoms with Crippen molar-refractivity contribution in [2.75, 3.05) is 14.2 Å². The van der Waals surface area contributed by atoms with Crippen molar-refractivity contribution in [1.29, 1.82) is 0 Å². The van der Waals surface area contributed by atoms with Crippen molar-refractivity contribution in [3.8, 4) is 17.0 Å². The van der Waals surface area contributed by atoms with Crippen LogP contribution in [-0.2, 0) is 16.0 Å². The smallest absolute Gasteiger partial charge is 0.311 e. The number of hydrogen-bond acceptors (Lipinski definition) is 5. The van der Waals surface area contributed by atoms with Crippen LogP contribution in [0.25, 0.3) is 16.9 Å². The lowest BCUT2D eigenvalue weighted by atomic mass is 10.1. The van der Waals surface area contributed by atoms with Crippen LogP contribution in [0.15, 0.2) is 36.4 Å². The molecule has 0 fully saturated rings. The van der Waals surface area contributed by atoms with Crippen LogP contribution in [0.1, 0.15) is 11.4 Å². The predicted octanol–water partition coefficient (Wildman–Crippen LogP) is 2.43. The van der Waals surface area contributed by atoms with Crippen LogP contribution in [0.4, 0.5) is 0 Å². The van der Waals surface area contributed by atoms with Gasteiger partial charge in [0.05, 0.1) is 32.0 Å². The third kappa shape index (κ3) is 3.01. The molecular formula is C17H17N3O3. The Morgan fingerprint density at radius 1 is 1.17 bits per heavy atom. The second-order valence-corrected chi connectivity index (χ2v) is 5.17. The molecular weight excluding hydrogens is 294 g/mol. The van der Waals surface area contributed by atoms with Crippen molar-refractivity contribution in [2.24, 2.45) is 0 Å². The number of hydrogen-bond donors (Lipinski definition) is 0. The molecule has 3 aromatic rings. The van der Waals surface area contributed by atoms with E-state index in [2.05, 4.69) is 10.1 Å². The first-order valence-electron chi connectivity index (χ1n) is 7.18. The summed E-state index contributed by atoms with van der Waals surface area (Å²) in [6.07, 6.45) is 0.153. The van der Waals surface area contributed by atoms with Crippen molar-refractivity contribution in [3.05, 3.63) is 47.8 Å². The van der Waals surface area contributed by atoms with Gasteiger partial charge in [-0.1, -0.05) is 0 Å². The summed E-state index contributed by atoms with van der Waals surface area (Å²) in [6.45, 7) is 1.89. The molecule has 3 rings (SSSR count). The second kappa shape index (κ2) is 6.08. The number of fused-ring (bicyclic) bond motifs is 1. The van der Waals surface area contributed by atoms with E-state index in [4.69, 9.17) is 9.47 Å². The molecule has 0 saturated carbocycles. The van der Waals surface area contributed by atoms with Gasteiger partial charge in [0.1, 0.15) is 5.75 Å². The maximum atomic E-state index is 11.6. The Morgan fingerprint density at radius 2 is 1.91 bits per heavy atom. The highest BCUT2D eigenvalue weighted by atomic mass is 16.5. The van der Waals surface area contributed by atoms with Gasteiger partial charge in [-0.05, 0) is 37.3 Å². The van der Waals surface area contributed by atoms with Gasteiger partial charge in [-0.3, -0.25) is 4.79 Å². The zero-order valence-corrected chi connectivity index (χ0v) is 13.2. The average molecular weight is 311 g/mol. The van der Waals surface area contributed by atoms with E-state index in [0.717, 1.165) is 28.4 Å². The van der Waals surface area contributed by atoms with E-state index in [1.807, 2.05) is 43.3 Å². The summed E-state index contributed by atoms with van der Waals surface area (Å²) in [5, 5.41) is 4.57. The third-order valence-corrected chi connectivity index (χ3v) is 3.57. The molecule has 2 heterocycles. The molecule has 23 heavy (non-hydrogen) atoms. The number of methoxy groups -OCH3 is 2. The first-order chi connectivity index (χ1) is 11.1. The highest BCUT2D eigenvalue weighted by molar-refractivity contribution is 5.72. The molecule has 0 aliphatic rings. The lowest BCUT2D eigenvalue weighted by molar-refractivity contribution is -0.139. The average Bonchev–Trinajstić information content (AvgIpc) is 2.98. The van der Waals surface area contributed by atoms with Crippen molar-refractivity contribution in [1.82, 2.24) is 14.6 Å². The van der Waals surface area contributed by atoms with Crippen LogP contribution < -0.4 is 4.74 Å². The van der Waals surface area contributed by atoms with E-state index in [1.54, 1.807) is 11.6 Å². The fourth-order valence-electron chi connectivity index (χ4n) is 2.43. The molecule has 0 bridgehead atoms. The van der Waals surface area contributed by atoms with E-state index < -0.39 is 0 Å². The Balaban J connectivity index is 2.06. The monoisotopic (exact) mass is 311 g/mol. The summed E-state index contributed by atoms with van der Waals surface area (Å²) in [5.74, 6) is 0.483. The summed E-state index contributed by atoms with van der Waals surface area (Å²) in [5.41, 5.74) is 4.03. The van der Waals surface area contributed by atoms with Crippen LogP contribution in [-0.4, -0.2) is 34.8 Å². The molecule has 6 nitrogen and oxygen atoms in total. The third-order valence-electron chi connectivity index (χ3n) is 3.57. The molecule has 0 radical (unpaired) electrons. The van der Waals surface area contributed by atoms with E-state index >= 15 is 0 Å². The molecule has 0 saturated heterocycles. The van der Waals surface area contributed by atoms with Crippen LogP contribution in [0.2, 0.25) is 0 Å². The van der Waals surface area contributed by atoms with Crippen molar-refractivity contribution >= 4 is 11.6 Å². The van der Waals surface area contributed by atoms with Gasteiger partial charge in [0.25, 0.3) is 0 Å². The molecule has 2 aromatic heterocycles. The first kappa shape index (κ1) is 15.0. The maximum Gasteiger partial charge on any atom is 0.311 e. The largest absolute Gasteiger partial charge is 0.497 e. The van der Waals surface area contributed by atoms with Gasteiger partial charge >= 0.3 is 5.97 Å². The molecule has 6 heteroatoms. The molecule has 0 atom stereocenters. The van der Waals surface area contributed by atoms with Gasteiger partial charge in [0, 0.05) is 17.3 Å². The number of nitrogens with zero attached hydrogens (tertiary/aromatic N) is 3. The molecule has 0 aliphatic heterocycles. The first-order valence-corrected chi connectivity index (χ1v) is 7.18. The minimum absolute atomic E-state index is 0.153. The predicted molar refractivity (Wildman–Crippen MR) is 85.4 cm³/mol. The fourth-order valence-corrected chi connectivity index (χ4v) is 2.43. The van der Waals surface area contributed by atoms with Gasteiger partial charge in [-0.25, -0.2) is 9.50 Å². The summed E-state index contributed by atoms with van der Waals surface area (Å²) in [7, 11) is 3.01. The highest BCUT2D eigenvalue weighted by Gasteiger charge is 2.13. The summed E-state index contributed by atoms with van der Waals surface area (Å²) < 4.78 is 11.6. The molecule has 0 unspecified atom stereocenters. The van der Waals surface area contributed by atoms with Crippen LogP contribution >= 0.6 is 0 Å². The Hall–Kier alpha value is -2.89. The Bertz CT molecular complexity index is 853. The summed E-state index contributed by atoms with van der Waals surface area (Å²) in [6, 6.07) is 11.4. The molecule has 0 N–H and O–H groups in total. The lowest BCUT2D eigenvalue weighted by Crippen LogP contribution is -2.10. The van der Waals surface area contributed by atoms with Gasteiger partial charge in [0.15, 0.2) is 5.65 Å². The zero-order chi connectivity index (χ0) is 16.4. The number of aromatic nitrogens is 3. The minimum Gasteiger partial charge on any atom is -0.497 e. The van der Waals surface area contributed by atoms with Crippen molar-refractivity contribution < 1.29 is 14.3 Å². The Labute approximate surface area is 133 Å². The SMILES string of the molecule is COC(=O)Cc1cc(C)nc2cc(-c3ccc(OC)cc3)nn12. The van der Waals surface area contributed by atoms with E-state index in [9.17, 15) is 4.79 Å². The fraction of sp³-hybridized carbons (Fsp3) is 0.235. The molecule has 0 aliphatic carbocycles. The number of rotatable bonds is 4. The highest BCUT2D eigenvalue weighted by Crippen LogP contribution is 2.23. The van der Waals surface area contributed by atoms with Gasteiger partial charge < -0.3 is 9.47 Å². The molecule has 1 aromatic carbocycles. The van der Waals surface area contributed by atoms with Gasteiger partial charge in [0.2, 0.25) is 0 Å². The van der Waals surface area contributed by atoms with Gasteiger partial charge in [-0.2, -0.15) is 5.10 Å². The Kier molecular flexibility index (Phi) is 3.97. The van der Waals surface area contributed by atoms with Crippen LogP contribution in [0.5, 0.6) is 5.75 Å². The second-order valence-electron chi connectivity index (χ2n) is 5.17. The van der Waals surface area contributed by atoms with Crippen molar-refractivity contribution in [3.63, 3.8) is 0 Å². The van der Waals surface area contributed by atoms with Crippen molar-refractivity contribution in [2.45, 2.75) is 13.3 Å². The molecule has 118 valence electrons. The number of benzene rings is 1. The number of aryl methyl sites for hydroxylation is 1. The molecule has 0 amide bonds. The van der Waals surface area contributed by atoms with Gasteiger partial charge in [-0.15, -0.1) is 0 Å². The van der Waals surface area contributed by atoms with E-state index in [0.29, 0.717) is 5.65 Å². The number of carbonyl (C=O) groups excluding carboxylic acids is 1. The number of carbonyl (C=O) groups is 1. The Morgan fingerprint density at radius 3 is 2.57 bits per heavy atom. The summed E-state index contributed by atoms with van der Waals surface area (Å²) >= 11 is 0. The quantitative estimate of drug-likeness (QED) is 0.692. The normalized spacial score (nSPS) is 10.7. The van der Waals surface area contributed by atoms with Crippen LogP contribution in [0.3, 0.4) is 0 Å². The zero-order valence-electron chi connectivity index (χ0n) is 13.2. The lowest BCUT2D eigenvalue weighted by Gasteiger charge is -2.04. The number of ether oxygens (including phenoxy) is 2. The van der Waals surface area contributed by atoms with E-state index in [1.165, 1.54) is 7.11 Å². The van der Waals surface area contributed by atoms with Crippen LogP contribution in [0, 0.1) is 6.92 Å². The topological polar surface area (TPSA) is 65.7 Å². The van der Waals surface area contributed by atoms with E-state index in [-0.39, 0.29) is 12.4 Å².